The van der Waals surface area contributed by atoms with Gasteiger partial charge in [0.15, 0.2) is 0 Å². The molecule has 8 nitrogen and oxygen atoms in total. The van der Waals surface area contributed by atoms with Gasteiger partial charge < -0.3 is 16.0 Å². The first-order chi connectivity index (χ1) is 10.6. The van der Waals surface area contributed by atoms with Crippen LogP contribution in [0.15, 0.2) is 18.2 Å². The van der Waals surface area contributed by atoms with Crippen LogP contribution in [0.5, 0.6) is 0 Å². The molecule has 1 rings (SSSR count). The summed E-state index contributed by atoms with van der Waals surface area (Å²) in [6, 6.07) is 4.43. The summed E-state index contributed by atoms with van der Waals surface area (Å²) < 4.78 is 25.2. The number of hydrogen-bond donors (Lipinski definition) is 4. The van der Waals surface area contributed by atoms with Gasteiger partial charge in [-0.1, -0.05) is 0 Å². The summed E-state index contributed by atoms with van der Waals surface area (Å²) in [4.78, 5) is 23.5. The second kappa shape index (κ2) is 9.45. The van der Waals surface area contributed by atoms with E-state index in [0.717, 1.165) is 6.26 Å². The van der Waals surface area contributed by atoms with Crippen LogP contribution >= 0.6 is 12.4 Å². The highest BCUT2D eigenvalue weighted by atomic mass is 35.5. The summed E-state index contributed by atoms with van der Waals surface area (Å²) in [6.07, 6.45) is 0.999. The lowest BCUT2D eigenvalue weighted by atomic mass is 10.1. The van der Waals surface area contributed by atoms with E-state index in [2.05, 4.69) is 20.7 Å². The Hall–Kier alpha value is -1.84. The van der Waals surface area contributed by atoms with Crippen LogP contribution in [0.3, 0.4) is 0 Å². The highest BCUT2D eigenvalue weighted by molar-refractivity contribution is 7.92. The summed E-state index contributed by atoms with van der Waals surface area (Å²) in [7, 11) is -1.77. The summed E-state index contributed by atoms with van der Waals surface area (Å²) in [5, 5.41) is 8.24. The third kappa shape index (κ3) is 7.62. The predicted molar refractivity (Wildman–Crippen MR) is 97.3 cm³/mol. The quantitative estimate of drug-likeness (QED) is 0.559. The summed E-state index contributed by atoms with van der Waals surface area (Å²) in [6.45, 7) is 3.61. The van der Waals surface area contributed by atoms with E-state index in [1.807, 2.05) is 6.92 Å². The average Bonchev–Trinajstić information content (AvgIpc) is 2.43. The van der Waals surface area contributed by atoms with Gasteiger partial charge in [-0.2, -0.15) is 0 Å². The van der Waals surface area contributed by atoms with Gasteiger partial charge in [0, 0.05) is 25.2 Å². The van der Waals surface area contributed by atoms with Crippen LogP contribution in [0.2, 0.25) is 0 Å². The Bertz CT molecular complexity index is 694. The van der Waals surface area contributed by atoms with Crippen LogP contribution in [-0.4, -0.2) is 46.1 Å². The Morgan fingerprint density at radius 2 is 1.88 bits per heavy atom. The van der Waals surface area contributed by atoms with Crippen molar-refractivity contribution in [3.8, 4) is 0 Å². The standard InChI is InChI=1S/C14H22N4O4S.ClH/c1-9(15-3)8-16-14(20)12-7-11(17-10(2)19)5-6-13(12)18-23(4,21)22;/h5-7,9,15,18H,8H2,1-4H3,(H,16,20)(H,17,19);1H. The fraction of sp³-hybridized carbons (Fsp3) is 0.429. The molecule has 0 aliphatic carbocycles. The number of carbonyl (C=O) groups excluding carboxylic acids is 2. The highest BCUT2D eigenvalue weighted by Gasteiger charge is 2.16. The van der Waals surface area contributed by atoms with Crippen molar-refractivity contribution in [1.82, 2.24) is 10.6 Å². The first kappa shape index (κ1) is 22.2. The Balaban J connectivity index is 0.00000529. The Kier molecular flexibility index (Phi) is 8.73. The molecular weight excluding hydrogens is 356 g/mol. The van der Waals surface area contributed by atoms with Gasteiger partial charge in [0.1, 0.15) is 0 Å². The van der Waals surface area contributed by atoms with Gasteiger partial charge in [0.05, 0.1) is 17.5 Å². The van der Waals surface area contributed by atoms with Crippen LogP contribution in [0.1, 0.15) is 24.2 Å². The van der Waals surface area contributed by atoms with Crippen molar-refractivity contribution in [2.45, 2.75) is 19.9 Å². The van der Waals surface area contributed by atoms with Crippen molar-refractivity contribution in [3.05, 3.63) is 23.8 Å². The number of halogens is 1. The fourth-order valence-electron chi connectivity index (χ4n) is 1.74. The molecule has 1 atom stereocenters. The molecule has 0 heterocycles. The molecule has 0 saturated heterocycles. The molecule has 0 saturated carbocycles. The van der Waals surface area contributed by atoms with E-state index in [4.69, 9.17) is 0 Å². The van der Waals surface area contributed by atoms with E-state index < -0.39 is 15.9 Å². The lowest BCUT2D eigenvalue weighted by Crippen LogP contribution is -2.37. The fourth-order valence-corrected chi connectivity index (χ4v) is 2.32. The number of benzene rings is 1. The maximum Gasteiger partial charge on any atom is 0.253 e. The van der Waals surface area contributed by atoms with E-state index in [1.165, 1.54) is 25.1 Å². The van der Waals surface area contributed by atoms with Crippen LogP contribution in [0.4, 0.5) is 11.4 Å². The van der Waals surface area contributed by atoms with Crippen molar-refractivity contribution in [3.63, 3.8) is 0 Å². The zero-order valence-electron chi connectivity index (χ0n) is 14.0. The number of anilines is 2. The van der Waals surface area contributed by atoms with Crippen LogP contribution < -0.4 is 20.7 Å². The molecule has 0 aromatic heterocycles. The van der Waals surface area contributed by atoms with Crippen LogP contribution in [0, 0.1) is 0 Å². The maximum absolute atomic E-state index is 12.3. The second-order valence-electron chi connectivity index (χ2n) is 5.22. The minimum atomic E-state index is -3.53. The maximum atomic E-state index is 12.3. The number of amides is 2. The van der Waals surface area contributed by atoms with E-state index in [1.54, 1.807) is 7.05 Å². The molecule has 0 fully saturated rings. The Morgan fingerprint density at radius 3 is 2.38 bits per heavy atom. The van der Waals surface area contributed by atoms with Gasteiger partial charge in [-0.25, -0.2) is 8.42 Å². The van der Waals surface area contributed by atoms with Crippen molar-refractivity contribution >= 4 is 45.6 Å². The lowest BCUT2D eigenvalue weighted by Gasteiger charge is -2.15. The average molecular weight is 379 g/mol. The number of nitrogens with one attached hydrogen (secondary N) is 4. The van der Waals surface area contributed by atoms with Gasteiger partial charge in [0.2, 0.25) is 15.9 Å². The van der Waals surface area contributed by atoms with Crippen molar-refractivity contribution in [2.75, 3.05) is 29.9 Å². The minimum Gasteiger partial charge on any atom is -0.350 e. The molecule has 0 aliphatic heterocycles. The molecule has 2 amide bonds. The molecule has 0 radical (unpaired) electrons. The van der Waals surface area contributed by atoms with Gasteiger partial charge in [-0.15, -0.1) is 12.4 Å². The molecule has 1 unspecified atom stereocenters. The molecule has 10 heteroatoms. The third-order valence-corrected chi connectivity index (χ3v) is 3.53. The number of likely N-dealkylation sites (N-methyl/N-ethyl adjacent to an activating group) is 1. The van der Waals surface area contributed by atoms with Crippen LogP contribution in [0.25, 0.3) is 0 Å². The van der Waals surface area contributed by atoms with Crippen molar-refractivity contribution in [1.29, 1.82) is 0 Å². The second-order valence-corrected chi connectivity index (χ2v) is 6.96. The molecule has 0 bridgehead atoms. The smallest absolute Gasteiger partial charge is 0.253 e. The minimum absolute atomic E-state index is 0. The SMILES string of the molecule is CNC(C)CNC(=O)c1cc(NC(C)=O)ccc1NS(C)(=O)=O.Cl. The summed E-state index contributed by atoms with van der Waals surface area (Å²) >= 11 is 0. The monoisotopic (exact) mass is 378 g/mol. The molecule has 0 spiro atoms. The third-order valence-electron chi connectivity index (χ3n) is 2.94. The molecule has 24 heavy (non-hydrogen) atoms. The zero-order valence-corrected chi connectivity index (χ0v) is 15.6. The van der Waals surface area contributed by atoms with Crippen molar-refractivity contribution < 1.29 is 18.0 Å². The van der Waals surface area contributed by atoms with Gasteiger partial charge in [0.25, 0.3) is 5.91 Å². The first-order valence-corrected chi connectivity index (χ1v) is 8.86. The molecular formula is C14H23ClN4O4S. The first-order valence-electron chi connectivity index (χ1n) is 6.97. The number of sulfonamides is 1. The van der Waals surface area contributed by atoms with Gasteiger partial charge in [-0.3, -0.25) is 14.3 Å². The van der Waals surface area contributed by atoms with Gasteiger partial charge >= 0.3 is 0 Å². The zero-order chi connectivity index (χ0) is 17.6. The van der Waals surface area contributed by atoms with E-state index in [-0.39, 0.29) is 35.6 Å². The van der Waals surface area contributed by atoms with E-state index in [9.17, 15) is 18.0 Å². The lowest BCUT2D eigenvalue weighted by molar-refractivity contribution is -0.114. The molecule has 4 N–H and O–H groups in total. The summed E-state index contributed by atoms with van der Waals surface area (Å²) in [5.41, 5.74) is 0.685. The number of hydrogen-bond acceptors (Lipinski definition) is 5. The topological polar surface area (TPSA) is 116 Å². The number of rotatable bonds is 7. The van der Waals surface area contributed by atoms with Crippen molar-refractivity contribution in [2.24, 2.45) is 0 Å². The Labute approximate surface area is 148 Å². The molecule has 0 aliphatic rings. The normalized spacial score (nSPS) is 11.8. The Morgan fingerprint density at radius 1 is 1.25 bits per heavy atom. The molecule has 1 aromatic rings. The van der Waals surface area contributed by atoms with Gasteiger partial charge in [-0.05, 0) is 32.2 Å². The largest absolute Gasteiger partial charge is 0.350 e. The predicted octanol–water partition coefficient (Wildman–Crippen LogP) is 0.776. The van der Waals surface area contributed by atoms with Crippen LogP contribution in [-0.2, 0) is 14.8 Å². The molecule has 1 aromatic carbocycles. The highest BCUT2D eigenvalue weighted by Crippen LogP contribution is 2.21. The van der Waals surface area contributed by atoms with E-state index in [0.29, 0.717) is 12.2 Å². The van der Waals surface area contributed by atoms with E-state index >= 15 is 0 Å². The summed E-state index contributed by atoms with van der Waals surface area (Å²) in [5.74, 6) is -0.727. The molecule has 136 valence electrons. The number of carbonyl (C=O) groups is 2.